The number of rotatable bonds is 4. The van der Waals surface area contributed by atoms with E-state index in [1.54, 1.807) is 47.2 Å². The maximum Gasteiger partial charge on any atom is 0.175 e. The number of hydrogen-bond acceptors (Lipinski definition) is 5. The number of anilines is 1. The highest BCUT2D eigenvalue weighted by Gasteiger charge is 2.31. The molecule has 1 aliphatic rings. The molecule has 1 N–H and O–H groups in total. The standard InChI is InChI=1S/C16H17N5O2S/c22-24(23,14-4-2-1-3-5-14)19-13-8-11-20(12-13)16-7-9-17-15-6-10-18-21(15)16/h1-7,9-10,13H,8,11-12H2,(H-,19,22,23). The Hall–Kier alpha value is -2.29. The number of nitrogens with one attached hydrogen (secondary N) is 1. The van der Waals surface area contributed by atoms with E-state index in [2.05, 4.69) is 19.7 Å². The van der Waals surface area contributed by atoms with E-state index in [0.717, 1.165) is 24.4 Å². The molecule has 3 heterocycles. The lowest BCUT2D eigenvalue weighted by Crippen LogP contribution is -2.41. The van der Waals surface area contributed by atoms with Crippen molar-refractivity contribution >= 4 is 21.9 Å². The van der Waals surface area contributed by atoms with Gasteiger partial charge in [-0.2, -0.15) is 9.61 Å². The molecule has 0 spiro atoms. The number of hydrogen-bond donors (Lipinski definition) is 1. The Morgan fingerprint density at radius 2 is 2.00 bits per heavy atom. The van der Waals surface area contributed by atoms with Crippen LogP contribution in [0.25, 0.3) is 5.65 Å². The van der Waals surface area contributed by atoms with Gasteiger partial charge in [0, 0.05) is 25.4 Å². The van der Waals surface area contributed by atoms with Crippen LogP contribution in [-0.2, 0) is 14.6 Å². The summed E-state index contributed by atoms with van der Waals surface area (Å²) in [6.07, 6.45) is 4.20. The van der Waals surface area contributed by atoms with Gasteiger partial charge in [0.05, 0.1) is 12.2 Å². The minimum absolute atomic E-state index is 0.131. The van der Waals surface area contributed by atoms with Crippen LogP contribution in [0.5, 0.6) is 0 Å². The van der Waals surface area contributed by atoms with Crippen LogP contribution in [0.4, 0.5) is 5.82 Å². The Morgan fingerprint density at radius 3 is 2.83 bits per heavy atom. The molecule has 0 bridgehead atoms. The third-order valence-electron chi connectivity index (χ3n) is 4.16. The fraction of sp³-hybridized carbons (Fsp3) is 0.250. The summed E-state index contributed by atoms with van der Waals surface area (Å²) < 4.78 is 29.5. The van der Waals surface area contributed by atoms with Gasteiger partial charge in [0.15, 0.2) is 20.9 Å². The zero-order valence-corrected chi connectivity index (χ0v) is 13.7. The van der Waals surface area contributed by atoms with Crippen LogP contribution >= 0.6 is 0 Å². The van der Waals surface area contributed by atoms with Gasteiger partial charge in [-0.05, 0) is 24.6 Å². The summed E-state index contributed by atoms with van der Waals surface area (Å²) in [5.41, 5.74) is 0.779. The predicted octanol–water partition coefficient (Wildman–Crippen LogP) is 1.50. The zero-order valence-electron chi connectivity index (χ0n) is 12.9. The lowest BCUT2D eigenvalue weighted by molar-refractivity contribution is 0.453. The molecule has 24 heavy (non-hydrogen) atoms. The van der Waals surface area contributed by atoms with Gasteiger partial charge < -0.3 is 9.45 Å². The molecule has 7 nitrogen and oxygen atoms in total. The normalized spacial score (nSPS) is 20.4. The minimum Gasteiger partial charge on any atom is -0.593 e. The average molecular weight is 343 g/mol. The van der Waals surface area contributed by atoms with Crippen molar-refractivity contribution in [2.45, 2.75) is 17.4 Å². The third-order valence-corrected chi connectivity index (χ3v) is 5.69. The molecule has 2 unspecified atom stereocenters. The maximum atomic E-state index is 12.4. The molecule has 1 aliphatic heterocycles. The fourth-order valence-electron chi connectivity index (χ4n) is 3.01. The maximum absolute atomic E-state index is 12.4. The first kappa shape index (κ1) is 15.3. The van der Waals surface area contributed by atoms with Crippen LogP contribution in [0.15, 0.2) is 59.8 Å². The molecule has 1 fully saturated rings. The molecule has 8 heteroatoms. The molecule has 124 valence electrons. The van der Waals surface area contributed by atoms with Gasteiger partial charge in [-0.1, -0.05) is 22.4 Å². The monoisotopic (exact) mass is 343 g/mol. The smallest absolute Gasteiger partial charge is 0.175 e. The molecule has 4 rings (SSSR count). The fourth-order valence-corrected chi connectivity index (χ4v) is 4.30. The first-order valence-electron chi connectivity index (χ1n) is 7.74. The van der Waals surface area contributed by atoms with Crippen molar-refractivity contribution in [2.24, 2.45) is 0 Å². The lowest BCUT2D eigenvalue weighted by Gasteiger charge is -2.21. The summed E-state index contributed by atoms with van der Waals surface area (Å²) in [7, 11) is -3.49. The van der Waals surface area contributed by atoms with E-state index in [9.17, 15) is 8.76 Å². The SMILES string of the molecule is O=[S+]([O-])(NC1CCN(c2ccnc3ccnn23)C1)c1ccccc1. The molecular formula is C16H17N5O2S. The first-order valence-corrected chi connectivity index (χ1v) is 9.23. The summed E-state index contributed by atoms with van der Waals surface area (Å²) in [6.45, 7) is 1.37. The molecular weight excluding hydrogens is 326 g/mol. The van der Waals surface area contributed by atoms with E-state index >= 15 is 0 Å². The number of aromatic nitrogens is 3. The molecule has 3 aromatic rings. The van der Waals surface area contributed by atoms with Gasteiger partial charge >= 0.3 is 0 Å². The summed E-state index contributed by atoms with van der Waals surface area (Å²) in [6, 6.07) is 12.1. The van der Waals surface area contributed by atoms with Crippen molar-refractivity contribution in [3.63, 3.8) is 0 Å². The van der Waals surface area contributed by atoms with Crippen LogP contribution in [0, 0.1) is 0 Å². The van der Waals surface area contributed by atoms with E-state index in [0.29, 0.717) is 11.4 Å². The van der Waals surface area contributed by atoms with Gasteiger partial charge in [-0.25, -0.2) is 4.98 Å². The average Bonchev–Trinajstić information content (AvgIpc) is 3.24. The first-order chi connectivity index (χ1) is 11.6. The van der Waals surface area contributed by atoms with Crippen LogP contribution in [0.1, 0.15) is 6.42 Å². The molecule has 2 aromatic heterocycles. The second-order valence-electron chi connectivity index (χ2n) is 5.77. The largest absolute Gasteiger partial charge is 0.593 e. The molecule has 0 radical (unpaired) electrons. The summed E-state index contributed by atoms with van der Waals surface area (Å²) in [5.74, 6) is 0.923. The van der Waals surface area contributed by atoms with Crippen LogP contribution in [0.2, 0.25) is 0 Å². The molecule has 1 aromatic carbocycles. The number of nitrogens with zero attached hydrogens (tertiary/aromatic N) is 4. The molecule has 0 saturated carbocycles. The minimum atomic E-state index is -3.49. The Morgan fingerprint density at radius 1 is 1.17 bits per heavy atom. The Bertz CT molecular complexity index is 898. The number of sulfonamides is 1. The van der Waals surface area contributed by atoms with Crippen molar-refractivity contribution < 1.29 is 8.76 Å². The van der Waals surface area contributed by atoms with E-state index in [1.807, 2.05) is 12.1 Å². The lowest BCUT2D eigenvalue weighted by atomic mass is 10.3. The Balaban J connectivity index is 1.51. The molecule has 0 aliphatic carbocycles. The highest BCUT2D eigenvalue weighted by molar-refractivity contribution is 7.95. The predicted molar refractivity (Wildman–Crippen MR) is 90.3 cm³/mol. The second kappa shape index (κ2) is 5.97. The number of benzene rings is 1. The van der Waals surface area contributed by atoms with Crippen molar-refractivity contribution in [2.75, 3.05) is 18.0 Å². The second-order valence-corrected chi connectivity index (χ2v) is 7.48. The topological polar surface area (TPSA) is 85.6 Å². The van der Waals surface area contributed by atoms with Crippen molar-refractivity contribution in [1.82, 2.24) is 19.3 Å². The highest BCUT2D eigenvalue weighted by atomic mass is 32.3. The summed E-state index contributed by atoms with van der Waals surface area (Å²) in [5, 5.41) is 4.28. The number of fused-ring (bicyclic) bond motifs is 1. The highest BCUT2D eigenvalue weighted by Crippen LogP contribution is 2.22. The molecule has 2 atom stereocenters. The Labute approximate surface area is 140 Å². The van der Waals surface area contributed by atoms with Crippen molar-refractivity contribution in [3.8, 4) is 0 Å². The van der Waals surface area contributed by atoms with E-state index in [1.165, 1.54) is 0 Å². The summed E-state index contributed by atoms with van der Waals surface area (Å²) >= 11 is 0. The molecule has 0 amide bonds. The third kappa shape index (κ3) is 2.79. The van der Waals surface area contributed by atoms with Crippen LogP contribution in [-0.4, -0.2) is 38.3 Å². The van der Waals surface area contributed by atoms with Crippen LogP contribution in [0.3, 0.4) is 0 Å². The van der Waals surface area contributed by atoms with Crippen LogP contribution < -0.4 is 9.62 Å². The van der Waals surface area contributed by atoms with Gasteiger partial charge in [-0.3, -0.25) is 0 Å². The molecule has 1 saturated heterocycles. The van der Waals surface area contributed by atoms with Gasteiger partial charge in [-0.15, -0.1) is 4.72 Å². The van der Waals surface area contributed by atoms with Gasteiger partial charge in [0.1, 0.15) is 5.82 Å². The zero-order chi connectivity index (χ0) is 16.6. The van der Waals surface area contributed by atoms with Gasteiger partial charge in [0.2, 0.25) is 0 Å². The van der Waals surface area contributed by atoms with E-state index in [4.69, 9.17) is 0 Å². The van der Waals surface area contributed by atoms with E-state index in [-0.39, 0.29) is 6.04 Å². The van der Waals surface area contributed by atoms with E-state index < -0.39 is 10.4 Å². The quantitative estimate of drug-likeness (QED) is 0.726. The van der Waals surface area contributed by atoms with Crippen molar-refractivity contribution in [1.29, 1.82) is 0 Å². The van der Waals surface area contributed by atoms with Gasteiger partial charge in [0.25, 0.3) is 0 Å². The summed E-state index contributed by atoms with van der Waals surface area (Å²) in [4.78, 5) is 6.67. The van der Waals surface area contributed by atoms with Crippen molar-refractivity contribution in [3.05, 3.63) is 54.9 Å². The Kier molecular flexibility index (Phi) is 3.79.